The Hall–Kier alpha value is -2.63. The van der Waals surface area contributed by atoms with Gasteiger partial charge in [0.2, 0.25) is 5.78 Å². The summed E-state index contributed by atoms with van der Waals surface area (Å²) >= 11 is 0. The second-order valence-electron chi connectivity index (χ2n) is 9.30. The highest BCUT2D eigenvalue weighted by Crippen LogP contribution is 2.41. The van der Waals surface area contributed by atoms with Crippen molar-refractivity contribution in [3.8, 4) is 0 Å². The Bertz CT molecular complexity index is 843. The summed E-state index contributed by atoms with van der Waals surface area (Å²) in [7, 11) is 0. The quantitative estimate of drug-likeness (QED) is 0.184. The molecule has 6 nitrogen and oxygen atoms in total. The number of rotatable bonds is 11. The van der Waals surface area contributed by atoms with Gasteiger partial charge in [0.05, 0.1) is 0 Å². The average molecular weight is 455 g/mol. The number of carbonyl (C=O) groups excluding carboxylic acids is 2. The van der Waals surface area contributed by atoms with Gasteiger partial charge in [-0.1, -0.05) is 93.8 Å². The van der Waals surface area contributed by atoms with Crippen LogP contribution in [0.4, 0.5) is 4.79 Å². The van der Waals surface area contributed by atoms with Crippen molar-refractivity contribution in [2.75, 3.05) is 6.54 Å². The maximum atomic E-state index is 13.0. The summed E-state index contributed by atoms with van der Waals surface area (Å²) in [6, 6.07) is 9.38. The highest BCUT2D eigenvalue weighted by Gasteiger charge is 2.47. The van der Waals surface area contributed by atoms with E-state index in [1.807, 2.05) is 37.3 Å². The van der Waals surface area contributed by atoms with Gasteiger partial charge in [-0.3, -0.25) is 9.63 Å². The zero-order valence-corrected chi connectivity index (χ0v) is 20.1. The molecule has 1 N–H and O–H groups in total. The largest absolute Gasteiger partial charge is 0.477 e. The van der Waals surface area contributed by atoms with Crippen LogP contribution in [0.5, 0.6) is 0 Å². The van der Waals surface area contributed by atoms with E-state index in [1.54, 1.807) is 0 Å². The molecule has 1 saturated carbocycles. The lowest BCUT2D eigenvalue weighted by Gasteiger charge is -2.35. The number of hydrogen-bond acceptors (Lipinski definition) is 5. The number of ether oxygens (including phenoxy) is 1. The fourth-order valence-electron chi connectivity index (χ4n) is 4.68. The Morgan fingerprint density at radius 3 is 2.52 bits per heavy atom. The second kappa shape index (κ2) is 12.6. The third-order valence-electron chi connectivity index (χ3n) is 6.76. The van der Waals surface area contributed by atoms with Crippen LogP contribution in [0, 0.1) is 5.92 Å². The molecule has 0 radical (unpaired) electrons. The van der Waals surface area contributed by atoms with E-state index in [0.717, 1.165) is 44.1 Å². The maximum Gasteiger partial charge on any atom is 0.433 e. The van der Waals surface area contributed by atoms with E-state index >= 15 is 0 Å². The summed E-state index contributed by atoms with van der Waals surface area (Å²) in [6.07, 6.45) is 13.2. The van der Waals surface area contributed by atoms with Gasteiger partial charge >= 0.3 is 6.09 Å². The second-order valence-corrected chi connectivity index (χ2v) is 9.30. The summed E-state index contributed by atoms with van der Waals surface area (Å²) in [6.45, 7) is 4.63. The van der Waals surface area contributed by atoms with Crippen LogP contribution in [0.1, 0.15) is 90.0 Å². The molecule has 0 saturated heterocycles. The van der Waals surface area contributed by atoms with E-state index in [4.69, 9.17) is 9.57 Å². The SMILES string of the molecule is CCCCCCCCNC(=O)ON=C(C1=CC(=O)C(C)(C2CCCCC2)O1)c1ccccc1. The van der Waals surface area contributed by atoms with Crippen LogP contribution in [-0.2, 0) is 14.4 Å². The molecule has 6 heteroatoms. The standard InChI is InChI=1S/C27H38N2O4/c1-3-4-5-6-7-14-19-28-26(31)33-29-25(21-15-10-8-11-16-21)23-20-24(30)27(2,32-23)22-17-12-9-13-18-22/h8,10-11,15-16,20,22H,3-7,9,12-14,17-19H2,1-2H3,(H,28,31). The van der Waals surface area contributed by atoms with Crippen LogP contribution in [0.15, 0.2) is 47.3 Å². The van der Waals surface area contributed by atoms with Crippen LogP contribution in [0.3, 0.4) is 0 Å². The summed E-state index contributed by atoms with van der Waals surface area (Å²) < 4.78 is 6.26. The van der Waals surface area contributed by atoms with Gasteiger partial charge in [-0.15, -0.1) is 0 Å². The van der Waals surface area contributed by atoms with Crippen LogP contribution in [0.2, 0.25) is 0 Å². The normalized spacial score (nSPS) is 21.5. The highest BCUT2D eigenvalue weighted by atomic mass is 16.7. The molecule has 33 heavy (non-hydrogen) atoms. The predicted octanol–water partition coefficient (Wildman–Crippen LogP) is 6.30. The number of nitrogens with zero attached hydrogens (tertiary/aromatic N) is 1. The van der Waals surface area contributed by atoms with Crippen molar-refractivity contribution in [2.24, 2.45) is 11.1 Å². The van der Waals surface area contributed by atoms with Gasteiger partial charge in [-0.25, -0.2) is 4.79 Å². The van der Waals surface area contributed by atoms with Gasteiger partial charge in [0, 0.05) is 24.1 Å². The molecule has 1 aromatic rings. The lowest BCUT2D eigenvalue weighted by molar-refractivity contribution is -0.134. The molecule has 1 unspecified atom stereocenters. The number of nitrogens with one attached hydrogen (secondary N) is 1. The Balaban J connectivity index is 1.62. The van der Waals surface area contributed by atoms with Gasteiger partial charge in [0.1, 0.15) is 0 Å². The first-order valence-corrected chi connectivity index (χ1v) is 12.6. The minimum absolute atomic E-state index is 0.0412. The monoisotopic (exact) mass is 454 g/mol. The van der Waals surface area contributed by atoms with Gasteiger partial charge in [-0.05, 0) is 26.2 Å². The zero-order valence-electron chi connectivity index (χ0n) is 20.1. The van der Waals surface area contributed by atoms with Crippen molar-refractivity contribution in [1.29, 1.82) is 0 Å². The van der Waals surface area contributed by atoms with Gasteiger partial charge < -0.3 is 10.1 Å². The molecule has 2 aliphatic rings. The number of benzene rings is 1. The Morgan fingerprint density at radius 1 is 1.09 bits per heavy atom. The molecule has 0 aromatic heterocycles. The minimum atomic E-state index is -0.884. The number of unbranched alkanes of at least 4 members (excludes halogenated alkanes) is 5. The molecular formula is C27H38N2O4. The number of ketones is 1. The molecule has 1 amide bonds. The molecule has 1 heterocycles. The molecule has 180 valence electrons. The summed E-state index contributed by atoms with van der Waals surface area (Å²) in [5, 5.41) is 6.87. The van der Waals surface area contributed by atoms with Crippen LogP contribution >= 0.6 is 0 Å². The van der Waals surface area contributed by atoms with E-state index in [1.165, 1.54) is 38.2 Å². The van der Waals surface area contributed by atoms with E-state index in [0.29, 0.717) is 18.0 Å². The van der Waals surface area contributed by atoms with Crippen LogP contribution in [0.25, 0.3) is 0 Å². The smallest absolute Gasteiger partial charge is 0.433 e. The van der Waals surface area contributed by atoms with Crippen molar-refractivity contribution >= 4 is 17.6 Å². The van der Waals surface area contributed by atoms with Crippen LogP contribution < -0.4 is 5.32 Å². The molecule has 1 aromatic carbocycles. The first kappa shape index (κ1) is 25.0. The highest BCUT2D eigenvalue weighted by molar-refractivity contribution is 6.16. The van der Waals surface area contributed by atoms with Crippen LogP contribution in [-0.4, -0.2) is 29.7 Å². The minimum Gasteiger partial charge on any atom is -0.477 e. The number of carbonyl (C=O) groups is 2. The number of oxime groups is 1. The first-order valence-electron chi connectivity index (χ1n) is 12.6. The molecule has 1 aliphatic carbocycles. The molecule has 1 atom stereocenters. The third-order valence-corrected chi connectivity index (χ3v) is 6.76. The van der Waals surface area contributed by atoms with Crippen molar-refractivity contribution in [1.82, 2.24) is 5.32 Å². The van der Waals surface area contributed by atoms with Gasteiger partial charge in [0.25, 0.3) is 0 Å². The molecule has 1 fully saturated rings. The third kappa shape index (κ3) is 6.92. The Morgan fingerprint density at radius 2 is 1.79 bits per heavy atom. The molecule has 3 rings (SSSR count). The fourth-order valence-corrected chi connectivity index (χ4v) is 4.68. The summed E-state index contributed by atoms with van der Waals surface area (Å²) in [5.74, 6) is 0.509. The fraction of sp³-hybridized carbons (Fsp3) is 0.593. The first-order chi connectivity index (χ1) is 16.0. The maximum absolute atomic E-state index is 13.0. The molecule has 1 aliphatic heterocycles. The van der Waals surface area contributed by atoms with Crippen molar-refractivity contribution in [3.05, 3.63) is 47.7 Å². The summed E-state index contributed by atoms with van der Waals surface area (Å²) in [4.78, 5) is 30.3. The van der Waals surface area contributed by atoms with E-state index in [-0.39, 0.29) is 11.7 Å². The summed E-state index contributed by atoms with van der Waals surface area (Å²) in [5.41, 5.74) is 0.206. The lowest BCUT2D eigenvalue weighted by Crippen LogP contribution is -2.42. The molecule has 0 bridgehead atoms. The number of allylic oxidation sites excluding steroid dienone is 1. The molecular weight excluding hydrogens is 416 g/mol. The van der Waals surface area contributed by atoms with Crippen molar-refractivity contribution in [2.45, 2.75) is 90.1 Å². The van der Waals surface area contributed by atoms with Crippen molar-refractivity contribution < 1.29 is 19.2 Å². The van der Waals surface area contributed by atoms with Gasteiger partial charge in [-0.2, -0.15) is 0 Å². The Labute approximate surface area is 197 Å². The van der Waals surface area contributed by atoms with Gasteiger partial charge in [0.15, 0.2) is 17.1 Å². The van der Waals surface area contributed by atoms with E-state index < -0.39 is 11.7 Å². The zero-order chi connectivity index (χ0) is 23.5. The topological polar surface area (TPSA) is 77.0 Å². The lowest BCUT2D eigenvalue weighted by atomic mass is 9.76. The van der Waals surface area contributed by atoms with Crippen molar-refractivity contribution in [3.63, 3.8) is 0 Å². The number of hydrogen-bond donors (Lipinski definition) is 1. The predicted molar refractivity (Wildman–Crippen MR) is 130 cm³/mol. The number of amides is 1. The molecule has 0 spiro atoms. The average Bonchev–Trinajstić information content (AvgIpc) is 3.15. The Kier molecular flexibility index (Phi) is 9.52. The van der Waals surface area contributed by atoms with E-state index in [2.05, 4.69) is 17.4 Å². The van der Waals surface area contributed by atoms with E-state index in [9.17, 15) is 9.59 Å².